The first-order valence-corrected chi connectivity index (χ1v) is 7.31. The Kier molecular flexibility index (Phi) is 5.13. The van der Waals surface area contributed by atoms with Gasteiger partial charge in [-0.1, -0.05) is 13.3 Å². The molecule has 0 radical (unpaired) electrons. The first-order valence-electron chi connectivity index (χ1n) is 5.38. The molecule has 5 nitrogen and oxygen atoms in total. The summed E-state index contributed by atoms with van der Waals surface area (Å²) >= 11 is 0. The van der Waals surface area contributed by atoms with Crippen molar-refractivity contribution in [1.29, 1.82) is 0 Å². The highest BCUT2D eigenvalue weighted by molar-refractivity contribution is 6.60. The Morgan fingerprint density at radius 3 is 2.50 bits per heavy atom. The quantitative estimate of drug-likeness (QED) is 0.683. The van der Waals surface area contributed by atoms with E-state index in [-0.39, 0.29) is 0 Å². The average Bonchev–Trinajstić information content (AvgIpc) is 2.70. The Morgan fingerprint density at radius 1 is 1.38 bits per heavy atom. The lowest BCUT2D eigenvalue weighted by atomic mass is 10.6. The molecule has 0 aromatic carbocycles. The van der Waals surface area contributed by atoms with Crippen molar-refractivity contribution in [3.05, 3.63) is 18.2 Å². The van der Waals surface area contributed by atoms with Crippen molar-refractivity contribution in [3.8, 4) is 0 Å². The van der Waals surface area contributed by atoms with Gasteiger partial charge in [-0.15, -0.1) is 0 Å². The molecule has 0 N–H and O–H groups in total. The van der Waals surface area contributed by atoms with E-state index in [1.807, 2.05) is 17.8 Å². The van der Waals surface area contributed by atoms with E-state index < -0.39 is 8.80 Å². The van der Waals surface area contributed by atoms with Crippen molar-refractivity contribution in [3.63, 3.8) is 0 Å². The van der Waals surface area contributed by atoms with Crippen molar-refractivity contribution in [2.75, 3.05) is 14.2 Å². The van der Waals surface area contributed by atoms with Gasteiger partial charge >= 0.3 is 8.80 Å². The van der Waals surface area contributed by atoms with Gasteiger partial charge < -0.3 is 17.8 Å². The fraction of sp³-hybridized carbons (Fsp3) is 0.700. The van der Waals surface area contributed by atoms with Gasteiger partial charge in [0.1, 0.15) is 5.82 Å². The summed E-state index contributed by atoms with van der Waals surface area (Å²) in [7, 11) is 2.75. The number of aryl methyl sites for hydroxylation is 1. The van der Waals surface area contributed by atoms with Gasteiger partial charge in [0.05, 0.1) is 6.61 Å². The molecule has 0 aliphatic heterocycles. The normalized spacial score (nSPS) is 12.0. The molecule has 1 aromatic heterocycles. The van der Waals surface area contributed by atoms with E-state index in [4.69, 9.17) is 13.3 Å². The van der Waals surface area contributed by atoms with Crippen LogP contribution in [0.3, 0.4) is 0 Å². The Morgan fingerprint density at radius 2 is 2.06 bits per heavy atom. The topological polar surface area (TPSA) is 45.5 Å². The van der Waals surface area contributed by atoms with Crippen molar-refractivity contribution < 1.29 is 13.3 Å². The maximum Gasteiger partial charge on any atom is 0.500 e. The first kappa shape index (κ1) is 13.4. The first-order chi connectivity index (χ1) is 7.67. The van der Waals surface area contributed by atoms with Crippen molar-refractivity contribution >= 4 is 8.80 Å². The van der Waals surface area contributed by atoms with Crippen molar-refractivity contribution in [1.82, 2.24) is 9.55 Å². The van der Waals surface area contributed by atoms with E-state index in [0.29, 0.717) is 6.61 Å². The second kappa shape index (κ2) is 6.14. The van der Waals surface area contributed by atoms with E-state index in [1.165, 1.54) is 0 Å². The van der Waals surface area contributed by atoms with E-state index in [2.05, 4.69) is 11.9 Å². The third-order valence-corrected chi connectivity index (χ3v) is 5.46. The number of rotatable bonds is 7. The third kappa shape index (κ3) is 3.15. The minimum atomic E-state index is -2.48. The highest BCUT2D eigenvalue weighted by Gasteiger charge is 2.38. The Hall–Kier alpha value is -0.693. The maximum absolute atomic E-state index is 5.80. The van der Waals surface area contributed by atoms with Crippen LogP contribution in [0, 0.1) is 0 Å². The number of aromatic nitrogens is 2. The summed E-state index contributed by atoms with van der Waals surface area (Å²) in [5.74, 6) is 0.877. The van der Waals surface area contributed by atoms with Crippen molar-refractivity contribution in [2.24, 2.45) is 7.05 Å². The predicted molar refractivity (Wildman–Crippen MR) is 62.9 cm³/mol. The minimum Gasteiger partial charge on any atom is -0.377 e. The van der Waals surface area contributed by atoms with Crippen LogP contribution in [-0.4, -0.2) is 32.6 Å². The van der Waals surface area contributed by atoms with Gasteiger partial charge in [-0.05, 0) is 0 Å². The molecule has 1 aromatic rings. The summed E-state index contributed by atoms with van der Waals surface area (Å²) in [6.45, 7) is 2.52. The lowest BCUT2D eigenvalue weighted by Gasteiger charge is -2.25. The molecule has 0 spiro atoms. The van der Waals surface area contributed by atoms with Crippen LogP contribution >= 0.6 is 0 Å². The highest BCUT2D eigenvalue weighted by atomic mass is 28.4. The molecule has 0 atom stereocenters. The molecular formula is C10H20N2O3Si. The lowest BCUT2D eigenvalue weighted by molar-refractivity contribution is 0.0878. The molecule has 0 aliphatic rings. The van der Waals surface area contributed by atoms with Gasteiger partial charge in [-0.3, -0.25) is 0 Å². The van der Waals surface area contributed by atoms with Crippen molar-refractivity contribution in [2.45, 2.75) is 26.0 Å². The molecule has 6 heteroatoms. The zero-order chi connectivity index (χ0) is 12.0. The van der Waals surface area contributed by atoms with Crippen LogP contribution in [0.25, 0.3) is 0 Å². The minimum absolute atomic E-state index is 0.428. The molecule has 0 fully saturated rings. The van der Waals surface area contributed by atoms with E-state index in [9.17, 15) is 0 Å². The molecule has 1 rings (SSSR count). The van der Waals surface area contributed by atoms with Crippen LogP contribution in [0.15, 0.2) is 12.4 Å². The zero-order valence-electron chi connectivity index (χ0n) is 10.4. The number of nitrogens with zero attached hydrogens (tertiary/aromatic N) is 2. The molecule has 0 saturated heterocycles. The Bertz CT molecular complexity index is 313. The summed E-state index contributed by atoms with van der Waals surface area (Å²) in [6.07, 6.45) is 4.62. The van der Waals surface area contributed by atoms with E-state index in [0.717, 1.165) is 18.3 Å². The zero-order valence-corrected chi connectivity index (χ0v) is 11.4. The van der Waals surface area contributed by atoms with Crippen LogP contribution < -0.4 is 0 Å². The second-order valence-electron chi connectivity index (χ2n) is 3.58. The molecule has 1 heterocycles. The summed E-state index contributed by atoms with van der Waals surface area (Å²) in [5.41, 5.74) is 0. The van der Waals surface area contributed by atoms with Crippen LogP contribution in [-0.2, 0) is 26.9 Å². The molecule has 16 heavy (non-hydrogen) atoms. The summed E-state index contributed by atoms with van der Waals surface area (Å²) in [6, 6.07) is 0.824. The molecule has 92 valence electrons. The smallest absolute Gasteiger partial charge is 0.377 e. The standard InChI is InChI=1S/C10H20N2O3Si/c1-5-8-16(13-3,14-4)15-9-10-11-6-7-12(10)2/h6-7H,5,8-9H2,1-4H3. The SMILES string of the molecule is CCC[Si](OC)(OC)OCc1nccn1C. The van der Waals surface area contributed by atoms with Gasteiger partial charge in [0.2, 0.25) is 0 Å². The molecule has 0 saturated carbocycles. The summed E-state index contributed by atoms with van der Waals surface area (Å²) in [5, 5.41) is 0. The summed E-state index contributed by atoms with van der Waals surface area (Å²) < 4.78 is 18.6. The number of imidazole rings is 1. The number of hydrogen-bond acceptors (Lipinski definition) is 4. The van der Waals surface area contributed by atoms with Crippen LogP contribution in [0.2, 0.25) is 6.04 Å². The third-order valence-electron chi connectivity index (χ3n) is 2.52. The lowest BCUT2D eigenvalue weighted by Crippen LogP contribution is -2.43. The van der Waals surface area contributed by atoms with Gasteiger partial charge in [-0.2, -0.15) is 0 Å². The van der Waals surface area contributed by atoms with Gasteiger partial charge in [0, 0.05) is 39.7 Å². The van der Waals surface area contributed by atoms with Crippen LogP contribution in [0.1, 0.15) is 19.2 Å². The van der Waals surface area contributed by atoms with Crippen LogP contribution in [0.5, 0.6) is 0 Å². The van der Waals surface area contributed by atoms with Crippen LogP contribution in [0.4, 0.5) is 0 Å². The molecular weight excluding hydrogens is 224 g/mol. The molecule has 0 aliphatic carbocycles. The predicted octanol–water partition coefficient (Wildman–Crippen LogP) is 1.58. The van der Waals surface area contributed by atoms with E-state index >= 15 is 0 Å². The number of hydrogen-bond donors (Lipinski definition) is 0. The molecule has 0 amide bonds. The second-order valence-corrected chi connectivity index (χ2v) is 6.56. The molecule has 0 unspecified atom stereocenters. The maximum atomic E-state index is 5.80. The monoisotopic (exact) mass is 244 g/mol. The van der Waals surface area contributed by atoms with Gasteiger partial charge in [0.15, 0.2) is 0 Å². The Balaban J connectivity index is 2.59. The molecule has 0 bridgehead atoms. The Labute approximate surface area is 97.7 Å². The fourth-order valence-electron chi connectivity index (χ4n) is 1.49. The summed E-state index contributed by atoms with van der Waals surface area (Å²) in [4.78, 5) is 4.20. The van der Waals surface area contributed by atoms with Gasteiger partial charge in [0.25, 0.3) is 0 Å². The fourth-order valence-corrected chi connectivity index (χ4v) is 3.41. The van der Waals surface area contributed by atoms with E-state index in [1.54, 1.807) is 20.4 Å². The average molecular weight is 244 g/mol. The van der Waals surface area contributed by atoms with Gasteiger partial charge in [-0.25, -0.2) is 4.98 Å². The largest absolute Gasteiger partial charge is 0.500 e. The highest BCUT2D eigenvalue weighted by Crippen LogP contribution is 2.17.